The van der Waals surface area contributed by atoms with Gasteiger partial charge in [0, 0.05) is 24.5 Å². The number of thiophene rings is 1. The molecule has 1 aromatic heterocycles. The SMILES string of the molecule is CN(CCNS(=O)(=O)c1cc(C(=O)O)cs1)C1CCCC1. The maximum Gasteiger partial charge on any atom is 0.336 e. The number of aromatic carboxylic acids is 1. The Bertz CT molecular complexity index is 591. The van der Waals surface area contributed by atoms with Crippen LogP contribution in [0.25, 0.3) is 0 Å². The van der Waals surface area contributed by atoms with Gasteiger partial charge in [-0.05, 0) is 26.0 Å². The second-order valence-corrected chi connectivity index (χ2v) is 8.18. The van der Waals surface area contributed by atoms with Crippen LogP contribution in [0.3, 0.4) is 0 Å². The summed E-state index contributed by atoms with van der Waals surface area (Å²) in [6.45, 7) is 0.983. The lowest BCUT2D eigenvalue weighted by Gasteiger charge is -2.23. The second kappa shape index (κ2) is 6.87. The monoisotopic (exact) mass is 332 g/mol. The molecule has 1 aliphatic rings. The number of hydrogen-bond donors (Lipinski definition) is 2. The molecule has 2 N–H and O–H groups in total. The van der Waals surface area contributed by atoms with E-state index in [1.54, 1.807) is 0 Å². The van der Waals surface area contributed by atoms with Crippen molar-refractivity contribution in [2.24, 2.45) is 0 Å². The first-order valence-corrected chi connectivity index (χ1v) is 9.28. The molecule has 1 saturated carbocycles. The van der Waals surface area contributed by atoms with Crippen LogP contribution in [0, 0.1) is 0 Å². The molecule has 0 bridgehead atoms. The van der Waals surface area contributed by atoms with Crippen LogP contribution in [0.15, 0.2) is 15.7 Å². The summed E-state index contributed by atoms with van der Waals surface area (Å²) in [5.41, 5.74) is 0.00319. The number of rotatable bonds is 7. The number of sulfonamides is 1. The zero-order valence-electron chi connectivity index (χ0n) is 11.9. The standard InChI is InChI=1S/C13H20N2O4S2/c1-15(11-4-2-3-5-11)7-6-14-21(18,19)12-8-10(9-20-12)13(16)17/h8-9,11,14H,2-7H2,1H3,(H,16,17). The Kier molecular flexibility index (Phi) is 5.37. The number of carboxylic acid groups (broad SMARTS) is 1. The Morgan fingerprint density at radius 2 is 2.14 bits per heavy atom. The van der Waals surface area contributed by atoms with E-state index in [0.29, 0.717) is 19.1 Å². The lowest BCUT2D eigenvalue weighted by atomic mass is 10.2. The van der Waals surface area contributed by atoms with Gasteiger partial charge in [-0.3, -0.25) is 0 Å². The van der Waals surface area contributed by atoms with Crippen molar-refractivity contribution in [3.05, 3.63) is 17.0 Å². The van der Waals surface area contributed by atoms with Crippen molar-refractivity contribution in [1.82, 2.24) is 9.62 Å². The highest BCUT2D eigenvalue weighted by atomic mass is 32.2. The van der Waals surface area contributed by atoms with E-state index in [2.05, 4.69) is 9.62 Å². The molecule has 21 heavy (non-hydrogen) atoms. The Morgan fingerprint density at radius 1 is 1.48 bits per heavy atom. The highest BCUT2D eigenvalue weighted by Crippen LogP contribution is 2.22. The highest BCUT2D eigenvalue weighted by molar-refractivity contribution is 7.91. The summed E-state index contributed by atoms with van der Waals surface area (Å²) in [4.78, 5) is 13.0. The summed E-state index contributed by atoms with van der Waals surface area (Å²) < 4.78 is 26.7. The average Bonchev–Trinajstić information content (AvgIpc) is 3.10. The fraction of sp³-hybridized carbons (Fsp3) is 0.615. The van der Waals surface area contributed by atoms with E-state index < -0.39 is 16.0 Å². The third-order valence-corrected chi connectivity index (χ3v) is 6.69. The summed E-state index contributed by atoms with van der Waals surface area (Å²) in [7, 11) is -1.60. The Morgan fingerprint density at radius 3 is 2.71 bits per heavy atom. The molecule has 1 aromatic rings. The van der Waals surface area contributed by atoms with Crippen LogP contribution < -0.4 is 4.72 Å². The number of carboxylic acids is 1. The summed E-state index contributed by atoms with van der Waals surface area (Å²) in [5, 5.41) is 10.2. The van der Waals surface area contributed by atoms with Gasteiger partial charge in [-0.15, -0.1) is 11.3 Å². The first-order valence-electron chi connectivity index (χ1n) is 6.92. The minimum Gasteiger partial charge on any atom is -0.478 e. The molecule has 0 unspecified atom stereocenters. The first kappa shape index (κ1) is 16.4. The van der Waals surface area contributed by atoms with Gasteiger partial charge < -0.3 is 10.0 Å². The van der Waals surface area contributed by atoms with Crippen molar-refractivity contribution < 1.29 is 18.3 Å². The number of likely N-dealkylation sites (N-methyl/N-ethyl adjacent to an activating group) is 1. The van der Waals surface area contributed by atoms with E-state index in [0.717, 1.165) is 11.3 Å². The maximum atomic E-state index is 12.1. The number of nitrogens with one attached hydrogen (secondary N) is 1. The smallest absolute Gasteiger partial charge is 0.336 e. The highest BCUT2D eigenvalue weighted by Gasteiger charge is 2.21. The van der Waals surface area contributed by atoms with Crippen LogP contribution in [0.4, 0.5) is 0 Å². The van der Waals surface area contributed by atoms with Crippen molar-refractivity contribution in [3.8, 4) is 0 Å². The minimum atomic E-state index is -3.61. The van der Waals surface area contributed by atoms with Crippen LogP contribution in [0.1, 0.15) is 36.0 Å². The van der Waals surface area contributed by atoms with E-state index in [1.165, 1.54) is 37.1 Å². The molecular weight excluding hydrogens is 312 g/mol. The molecular formula is C13H20N2O4S2. The van der Waals surface area contributed by atoms with Gasteiger partial charge in [0.25, 0.3) is 0 Å². The van der Waals surface area contributed by atoms with Crippen molar-refractivity contribution in [2.45, 2.75) is 35.9 Å². The molecule has 0 amide bonds. The van der Waals surface area contributed by atoms with E-state index >= 15 is 0 Å². The van der Waals surface area contributed by atoms with E-state index in [9.17, 15) is 13.2 Å². The maximum absolute atomic E-state index is 12.1. The van der Waals surface area contributed by atoms with Gasteiger partial charge in [0.15, 0.2) is 0 Å². The molecule has 0 spiro atoms. The topological polar surface area (TPSA) is 86.7 Å². The molecule has 6 nitrogen and oxygen atoms in total. The molecule has 1 aliphatic carbocycles. The molecule has 0 radical (unpaired) electrons. The molecule has 0 atom stereocenters. The molecule has 2 rings (SSSR count). The van der Waals surface area contributed by atoms with Gasteiger partial charge in [0.1, 0.15) is 4.21 Å². The van der Waals surface area contributed by atoms with Gasteiger partial charge in [0.05, 0.1) is 5.56 Å². The molecule has 0 aromatic carbocycles. The minimum absolute atomic E-state index is 0.00319. The summed E-state index contributed by atoms with van der Waals surface area (Å²) in [5.74, 6) is -1.12. The molecule has 8 heteroatoms. The van der Waals surface area contributed by atoms with E-state index in [1.807, 2.05) is 7.05 Å². The van der Waals surface area contributed by atoms with Crippen LogP contribution in [0.5, 0.6) is 0 Å². The fourth-order valence-electron chi connectivity index (χ4n) is 2.52. The Hall–Kier alpha value is -0.960. The Labute approximate surface area is 128 Å². The zero-order chi connectivity index (χ0) is 15.5. The lowest BCUT2D eigenvalue weighted by Crippen LogP contribution is -2.37. The molecule has 0 saturated heterocycles. The van der Waals surface area contributed by atoms with Crippen LogP contribution in [-0.2, 0) is 10.0 Å². The van der Waals surface area contributed by atoms with Gasteiger partial charge in [-0.1, -0.05) is 12.8 Å². The zero-order valence-corrected chi connectivity index (χ0v) is 13.5. The van der Waals surface area contributed by atoms with Crippen LogP contribution >= 0.6 is 11.3 Å². The predicted molar refractivity (Wildman–Crippen MR) is 81.4 cm³/mol. The molecule has 118 valence electrons. The Balaban J connectivity index is 1.87. The molecule has 1 fully saturated rings. The number of nitrogens with zero attached hydrogens (tertiary/aromatic N) is 1. The summed E-state index contributed by atoms with van der Waals surface area (Å²) >= 11 is 0.924. The van der Waals surface area contributed by atoms with Crippen molar-refractivity contribution >= 4 is 27.3 Å². The van der Waals surface area contributed by atoms with Crippen molar-refractivity contribution in [2.75, 3.05) is 20.1 Å². The lowest BCUT2D eigenvalue weighted by molar-refractivity contribution is 0.0697. The second-order valence-electron chi connectivity index (χ2n) is 5.28. The van der Waals surface area contributed by atoms with Crippen LogP contribution in [-0.4, -0.2) is 50.6 Å². The average molecular weight is 332 g/mol. The summed E-state index contributed by atoms with van der Waals surface area (Å²) in [6, 6.07) is 1.74. The van der Waals surface area contributed by atoms with Crippen molar-refractivity contribution in [1.29, 1.82) is 0 Å². The third kappa shape index (κ3) is 4.26. The van der Waals surface area contributed by atoms with Gasteiger partial charge in [-0.25, -0.2) is 17.9 Å². The quantitative estimate of drug-likeness (QED) is 0.792. The van der Waals surface area contributed by atoms with E-state index in [4.69, 9.17) is 5.11 Å². The van der Waals surface area contributed by atoms with Gasteiger partial charge >= 0.3 is 5.97 Å². The van der Waals surface area contributed by atoms with Crippen molar-refractivity contribution in [3.63, 3.8) is 0 Å². The predicted octanol–water partition coefficient (Wildman–Crippen LogP) is 1.60. The molecule has 0 aliphatic heterocycles. The normalized spacial score (nSPS) is 16.7. The third-order valence-electron chi connectivity index (χ3n) is 3.79. The molecule has 1 heterocycles. The number of carbonyl (C=O) groups is 1. The van der Waals surface area contributed by atoms with Gasteiger partial charge in [-0.2, -0.15) is 0 Å². The van der Waals surface area contributed by atoms with Gasteiger partial charge in [0.2, 0.25) is 10.0 Å². The van der Waals surface area contributed by atoms with E-state index in [-0.39, 0.29) is 9.77 Å². The summed E-state index contributed by atoms with van der Waals surface area (Å²) in [6.07, 6.45) is 4.84. The fourth-order valence-corrected chi connectivity index (χ4v) is 4.74. The number of hydrogen-bond acceptors (Lipinski definition) is 5. The largest absolute Gasteiger partial charge is 0.478 e. The first-order chi connectivity index (χ1) is 9.90. The van der Waals surface area contributed by atoms with Crippen LogP contribution in [0.2, 0.25) is 0 Å².